The highest BCUT2D eigenvalue weighted by molar-refractivity contribution is 5.98. The van der Waals surface area contributed by atoms with Crippen LogP contribution in [0, 0.1) is 16.7 Å². The van der Waals surface area contributed by atoms with Crippen molar-refractivity contribution in [2.75, 3.05) is 25.5 Å². The number of nitrogens with zero attached hydrogens (tertiary/aromatic N) is 5. The van der Waals surface area contributed by atoms with Crippen molar-refractivity contribution in [1.82, 2.24) is 24.8 Å². The van der Waals surface area contributed by atoms with Crippen LogP contribution in [0.3, 0.4) is 0 Å². The fourth-order valence-electron chi connectivity index (χ4n) is 3.55. The fourth-order valence-corrected chi connectivity index (χ4v) is 3.55. The Labute approximate surface area is 206 Å². The maximum atomic E-state index is 12.9. The monoisotopic (exact) mass is 475 g/mol. The molecule has 0 spiro atoms. The quantitative estimate of drug-likeness (QED) is 0.435. The first kappa shape index (κ1) is 25.7. The standard InChI is InChI=1S/C26H33N7O2/c1-26(2,3)17-31-24-21(16-30-23(15-27)32-24)25(34)29-10-9-19-7-8-22(35-4)20(14-19)6-5-12-33-13-11-28-18-33/h7-8,11,13-14,16,18H,5-6,9-10,12,17H2,1-4H3,(H,29,34)(H,30,31,32). The molecule has 2 N–H and O–H groups in total. The Bertz CT molecular complexity index is 1160. The van der Waals surface area contributed by atoms with Crippen molar-refractivity contribution in [3.63, 3.8) is 0 Å². The normalized spacial score (nSPS) is 11.1. The Morgan fingerprint density at radius 3 is 2.77 bits per heavy atom. The van der Waals surface area contributed by atoms with E-state index >= 15 is 0 Å². The molecule has 0 unspecified atom stereocenters. The van der Waals surface area contributed by atoms with E-state index in [-0.39, 0.29) is 17.1 Å². The molecule has 0 bridgehead atoms. The van der Waals surface area contributed by atoms with Gasteiger partial charge in [0, 0.05) is 38.2 Å². The highest BCUT2D eigenvalue weighted by atomic mass is 16.5. The first-order chi connectivity index (χ1) is 16.8. The summed E-state index contributed by atoms with van der Waals surface area (Å²) in [5, 5.41) is 15.3. The molecule has 9 nitrogen and oxygen atoms in total. The van der Waals surface area contributed by atoms with Crippen LogP contribution in [-0.2, 0) is 19.4 Å². The number of aryl methyl sites for hydroxylation is 2. The molecule has 0 aliphatic rings. The van der Waals surface area contributed by atoms with Gasteiger partial charge in [0.25, 0.3) is 5.91 Å². The molecule has 0 saturated heterocycles. The van der Waals surface area contributed by atoms with Crippen LogP contribution < -0.4 is 15.4 Å². The van der Waals surface area contributed by atoms with E-state index in [0.29, 0.717) is 30.9 Å². The molecule has 3 aromatic rings. The van der Waals surface area contributed by atoms with Crippen LogP contribution in [0.4, 0.5) is 5.82 Å². The van der Waals surface area contributed by atoms with Crippen LogP contribution in [0.1, 0.15) is 54.5 Å². The number of nitrogens with one attached hydrogen (secondary N) is 2. The summed E-state index contributed by atoms with van der Waals surface area (Å²) < 4.78 is 7.59. The van der Waals surface area contributed by atoms with E-state index in [1.807, 2.05) is 30.7 Å². The molecule has 184 valence electrons. The number of anilines is 1. The number of rotatable bonds is 11. The summed E-state index contributed by atoms with van der Waals surface area (Å²) in [6, 6.07) is 8.06. The second-order valence-electron chi connectivity index (χ2n) is 9.54. The lowest BCUT2D eigenvalue weighted by Gasteiger charge is -2.20. The Morgan fingerprint density at radius 2 is 2.09 bits per heavy atom. The molecule has 2 aromatic heterocycles. The van der Waals surface area contributed by atoms with Gasteiger partial charge in [0.05, 0.1) is 13.4 Å². The van der Waals surface area contributed by atoms with Gasteiger partial charge in [-0.1, -0.05) is 32.9 Å². The number of carbonyl (C=O) groups excluding carboxylic acids is 1. The van der Waals surface area contributed by atoms with Crippen LogP contribution >= 0.6 is 0 Å². The SMILES string of the molecule is COc1ccc(CCNC(=O)c2cnc(C#N)nc2NCC(C)(C)C)cc1CCCn1ccnc1. The molecule has 0 aliphatic heterocycles. The predicted octanol–water partition coefficient (Wildman–Crippen LogP) is 3.62. The third-order valence-corrected chi connectivity index (χ3v) is 5.39. The first-order valence-corrected chi connectivity index (χ1v) is 11.7. The van der Waals surface area contributed by atoms with Crippen molar-refractivity contribution < 1.29 is 9.53 Å². The van der Waals surface area contributed by atoms with Crippen LogP contribution in [0.15, 0.2) is 43.1 Å². The Balaban J connectivity index is 1.60. The van der Waals surface area contributed by atoms with Gasteiger partial charge in [0.15, 0.2) is 0 Å². The molecule has 0 aliphatic carbocycles. The number of benzene rings is 1. The van der Waals surface area contributed by atoms with Crippen LogP contribution in [0.5, 0.6) is 5.75 Å². The zero-order valence-electron chi connectivity index (χ0n) is 20.8. The molecule has 0 atom stereocenters. The zero-order chi connectivity index (χ0) is 25.3. The lowest BCUT2D eigenvalue weighted by Crippen LogP contribution is -2.28. The molecule has 1 amide bonds. The van der Waals surface area contributed by atoms with E-state index in [2.05, 4.69) is 57.0 Å². The van der Waals surface area contributed by atoms with Crippen LogP contribution in [-0.4, -0.2) is 45.6 Å². The third-order valence-electron chi connectivity index (χ3n) is 5.39. The third kappa shape index (κ3) is 7.81. The van der Waals surface area contributed by atoms with Gasteiger partial charge in [-0.15, -0.1) is 0 Å². The number of methoxy groups -OCH3 is 1. The molecule has 9 heteroatoms. The fraction of sp³-hybridized carbons (Fsp3) is 0.423. The van der Waals surface area contributed by atoms with E-state index in [1.54, 1.807) is 13.3 Å². The van der Waals surface area contributed by atoms with Crippen molar-refractivity contribution in [2.24, 2.45) is 5.41 Å². The maximum absolute atomic E-state index is 12.9. The smallest absolute Gasteiger partial charge is 0.256 e. The lowest BCUT2D eigenvalue weighted by atomic mass is 9.97. The maximum Gasteiger partial charge on any atom is 0.256 e. The Morgan fingerprint density at radius 1 is 1.26 bits per heavy atom. The van der Waals surface area contributed by atoms with E-state index in [4.69, 9.17) is 10.00 Å². The number of aromatic nitrogens is 4. The van der Waals surface area contributed by atoms with Gasteiger partial charge in [0.2, 0.25) is 5.82 Å². The highest BCUT2D eigenvalue weighted by Gasteiger charge is 2.17. The molecule has 0 fully saturated rings. The average Bonchev–Trinajstić information content (AvgIpc) is 3.36. The molecular formula is C26H33N7O2. The van der Waals surface area contributed by atoms with Gasteiger partial charge >= 0.3 is 0 Å². The topological polar surface area (TPSA) is 118 Å². The van der Waals surface area contributed by atoms with Gasteiger partial charge in [-0.05, 0) is 41.9 Å². The van der Waals surface area contributed by atoms with Crippen molar-refractivity contribution in [1.29, 1.82) is 5.26 Å². The second kappa shape index (κ2) is 12.0. The minimum Gasteiger partial charge on any atom is -0.496 e. The van der Waals surface area contributed by atoms with Crippen LogP contribution in [0.25, 0.3) is 0 Å². The summed E-state index contributed by atoms with van der Waals surface area (Å²) in [4.78, 5) is 25.1. The summed E-state index contributed by atoms with van der Waals surface area (Å²) in [7, 11) is 1.68. The molecule has 2 heterocycles. The summed E-state index contributed by atoms with van der Waals surface area (Å²) in [5.74, 6) is 0.984. The summed E-state index contributed by atoms with van der Waals surface area (Å²) >= 11 is 0. The number of hydrogen-bond donors (Lipinski definition) is 2. The number of carbonyl (C=O) groups is 1. The Kier molecular flexibility index (Phi) is 8.79. The first-order valence-electron chi connectivity index (χ1n) is 11.7. The largest absolute Gasteiger partial charge is 0.496 e. The molecule has 0 saturated carbocycles. The van der Waals surface area contributed by atoms with Gasteiger partial charge in [-0.2, -0.15) is 5.26 Å². The second-order valence-corrected chi connectivity index (χ2v) is 9.54. The van der Waals surface area contributed by atoms with Crippen molar-refractivity contribution in [2.45, 2.75) is 46.6 Å². The van der Waals surface area contributed by atoms with Crippen molar-refractivity contribution >= 4 is 11.7 Å². The van der Waals surface area contributed by atoms with E-state index in [9.17, 15) is 4.79 Å². The minimum atomic E-state index is -0.278. The van der Waals surface area contributed by atoms with Crippen molar-refractivity contribution in [3.8, 4) is 11.8 Å². The Hall–Kier alpha value is -3.93. The lowest BCUT2D eigenvalue weighted by molar-refractivity contribution is 0.0954. The van der Waals surface area contributed by atoms with Crippen LogP contribution in [0.2, 0.25) is 0 Å². The minimum absolute atomic E-state index is 0.0175. The number of imidazole rings is 1. The zero-order valence-corrected chi connectivity index (χ0v) is 20.8. The molecular weight excluding hydrogens is 442 g/mol. The van der Waals surface area contributed by atoms with Crippen molar-refractivity contribution in [3.05, 3.63) is 65.6 Å². The number of nitriles is 1. The van der Waals surface area contributed by atoms with Gasteiger partial charge in [-0.25, -0.2) is 15.0 Å². The molecule has 0 radical (unpaired) electrons. The van der Waals surface area contributed by atoms with E-state index in [0.717, 1.165) is 36.3 Å². The summed E-state index contributed by atoms with van der Waals surface area (Å²) in [6.45, 7) is 8.18. The molecule has 35 heavy (non-hydrogen) atoms. The van der Waals surface area contributed by atoms with Gasteiger partial charge in [0.1, 0.15) is 23.2 Å². The van der Waals surface area contributed by atoms with Gasteiger partial charge < -0.3 is 19.9 Å². The summed E-state index contributed by atoms with van der Waals surface area (Å²) in [5.41, 5.74) is 2.57. The number of hydrogen-bond acceptors (Lipinski definition) is 7. The van der Waals surface area contributed by atoms with E-state index < -0.39 is 0 Å². The average molecular weight is 476 g/mol. The number of ether oxygens (including phenoxy) is 1. The van der Waals surface area contributed by atoms with Gasteiger partial charge in [-0.3, -0.25) is 4.79 Å². The molecule has 1 aromatic carbocycles. The predicted molar refractivity (Wildman–Crippen MR) is 134 cm³/mol. The number of amides is 1. The van der Waals surface area contributed by atoms with E-state index in [1.165, 1.54) is 6.20 Å². The summed E-state index contributed by atoms with van der Waals surface area (Å²) in [6.07, 6.45) is 9.48. The highest BCUT2D eigenvalue weighted by Crippen LogP contribution is 2.22. The molecule has 3 rings (SSSR count).